The van der Waals surface area contributed by atoms with E-state index in [9.17, 15) is 4.79 Å². The number of aromatic nitrogens is 2. The average molecular weight is 406 g/mol. The number of pyridine rings is 1. The minimum Gasteiger partial charge on any atom is -0.457 e. The number of carbonyl (C=O) groups is 1. The second-order valence-corrected chi connectivity index (χ2v) is 7.47. The highest BCUT2D eigenvalue weighted by Crippen LogP contribution is 2.30. The molecule has 2 N–H and O–H groups in total. The van der Waals surface area contributed by atoms with Gasteiger partial charge in [0.05, 0.1) is 20.9 Å². The van der Waals surface area contributed by atoms with Crippen molar-refractivity contribution in [2.24, 2.45) is 5.73 Å². The standard InChI is InChI=1S/C21H17N3O2S.C2H6/c1-12-9-14(3-5-17(12)21(22)25)18-10-16(7-8-23-18)26-15-4-6-20-19(11-15)24-13(2)27-20;1-2/h3-11H,1-2H3,(H2,22,25);1-2H3. The zero-order valence-corrected chi connectivity index (χ0v) is 17.7. The molecule has 0 bridgehead atoms. The van der Waals surface area contributed by atoms with Crippen molar-refractivity contribution in [3.8, 4) is 22.8 Å². The minimum atomic E-state index is -0.434. The van der Waals surface area contributed by atoms with Crippen molar-refractivity contribution in [2.75, 3.05) is 0 Å². The summed E-state index contributed by atoms with van der Waals surface area (Å²) in [4.78, 5) is 20.3. The first-order valence-corrected chi connectivity index (χ1v) is 10.2. The number of hydrogen-bond donors (Lipinski definition) is 1. The van der Waals surface area contributed by atoms with Gasteiger partial charge in [0.2, 0.25) is 5.91 Å². The fraction of sp³-hybridized carbons (Fsp3) is 0.174. The van der Waals surface area contributed by atoms with Crippen molar-refractivity contribution in [1.82, 2.24) is 9.97 Å². The van der Waals surface area contributed by atoms with Gasteiger partial charge < -0.3 is 10.5 Å². The molecule has 0 fully saturated rings. The lowest BCUT2D eigenvalue weighted by molar-refractivity contribution is 0.0999. The molecule has 2 aromatic heterocycles. The minimum absolute atomic E-state index is 0.434. The van der Waals surface area contributed by atoms with Crippen LogP contribution in [0.25, 0.3) is 21.5 Å². The number of amides is 1. The number of fused-ring (bicyclic) bond motifs is 1. The molecule has 29 heavy (non-hydrogen) atoms. The Morgan fingerprint density at radius 3 is 2.48 bits per heavy atom. The molecule has 0 aliphatic carbocycles. The molecule has 0 saturated heterocycles. The van der Waals surface area contributed by atoms with Crippen LogP contribution in [0.15, 0.2) is 54.7 Å². The third kappa shape index (κ3) is 4.60. The molecular formula is C23H23N3O2S. The Bertz CT molecular complexity index is 1170. The summed E-state index contributed by atoms with van der Waals surface area (Å²) in [5, 5.41) is 1.03. The van der Waals surface area contributed by atoms with Crippen LogP contribution in [0, 0.1) is 13.8 Å². The van der Waals surface area contributed by atoms with Crippen molar-refractivity contribution < 1.29 is 9.53 Å². The second-order valence-electron chi connectivity index (χ2n) is 6.24. The van der Waals surface area contributed by atoms with Gasteiger partial charge in [0, 0.05) is 29.5 Å². The maximum absolute atomic E-state index is 11.4. The van der Waals surface area contributed by atoms with E-state index in [1.54, 1.807) is 23.6 Å². The summed E-state index contributed by atoms with van der Waals surface area (Å²) in [5.41, 5.74) is 9.30. The molecule has 5 nitrogen and oxygen atoms in total. The summed E-state index contributed by atoms with van der Waals surface area (Å²) < 4.78 is 7.14. The van der Waals surface area contributed by atoms with Crippen LogP contribution in [-0.2, 0) is 0 Å². The van der Waals surface area contributed by atoms with Gasteiger partial charge in [0.25, 0.3) is 0 Å². The van der Waals surface area contributed by atoms with E-state index in [0.29, 0.717) is 11.3 Å². The predicted octanol–water partition coefficient (Wildman–Crippen LogP) is 5.89. The number of primary amides is 1. The Morgan fingerprint density at radius 1 is 1.00 bits per heavy atom. The average Bonchev–Trinajstić information content (AvgIpc) is 3.08. The van der Waals surface area contributed by atoms with Gasteiger partial charge >= 0.3 is 0 Å². The molecule has 0 aliphatic heterocycles. The van der Waals surface area contributed by atoms with E-state index in [1.807, 2.05) is 70.2 Å². The Hall–Kier alpha value is -3.25. The van der Waals surface area contributed by atoms with Crippen molar-refractivity contribution in [1.29, 1.82) is 0 Å². The predicted molar refractivity (Wildman–Crippen MR) is 119 cm³/mol. The largest absolute Gasteiger partial charge is 0.457 e. The van der Waals surface area contributed by atoms with Crippen LogP contribution in [0.1, 0.15) is 34.8 Å². The number of nitrogens with two attached hydrogens (primary N) is 1. The number of aryl methyl sites for hydroxylation is 2. The molecule has 0 aliphatic rings. The molecule has 148 valence electrons. The monoisotopic (exact) mass is 405 g/mol. The van der Waals surface area contributed by atoms with E-state index in [-0.39, 0.29) is 0 Å². The lowest BCUT2D eigenvalue weighted by atomic mass is 10.0. The first-order valence-electron chi connectivity index (χ1n) is 9.41. The Kier molecular flexibility index (Phi) is 6.24. The summed E-state index contributed by atoms with van der Waals surface area (Å²) in [6, 6.07) is 15.0. The smallest absolute Gasteiger partial charge is 0.248 e. The van der Waals surface area contributed by atoms with E-state index in [1.165, 1.54) is 0 Å². The molecule has 0 spiro atoms. The maximum atomic E-state index is 11.4. The summed E-state index contributed by atoms with van der Waals surface area (Å²) in [5.74, 6) is 0.977. The van der Waals surface area contributed by atoms with Gasteiger partial charge in [-0.1, -0.05) is 19.9 Å². The van der Waals surface area contributed by atoms with Gasteiger partial charge in [-0.15, -0.1) is 11.3 Å². The van der Waals surface area contributed by atoms with E-state index in [4.69, 9.17) is 10.5 Å². The summed E-state index contributed by atoms with van der Waals surface area (Å²) in [6.45, 7) is 7.85. The summed E-state index contributed by atoms with van der Waals surface area (Å²) in [6.07, 6.45) is 1.70. The fourth-order valence-electron chi connectivity index (χ4n) is 2.95. The molecule has 2 heterocycles. The molecule has 0 atom stereocenters. The highest BCUT2D eigenvalue weighted by Gasteiger charge is 2.09. The fourth-order valence-corrected chi connectivity index (χ4v) is 3.76. The highest BCUT2D eigenvalue weighted by molar-refractivity contribution is 7.18. The quantitative estimate of drug-likeness (QED) is 0.459. The molecule has 2 aromatic carbocycles. The zero-order chi connectivity index (χ0) is 21.0. The van der Waals surface area contributed by atoms with Crippen molar-refractivity contribution in [2.45, 2.75) is 27.7 Å². The topological polar surface area (TPSA) is 78.1 Å². The van der Waals surface area contributed by atoms with E-state index in [2.05, 4.69) is 9.97 Å². The molecular weight excluding hydrogens is 382 g/mol. The first kappa shape index (κ1) is 20.5. The van der Waals surface area contributed by atoms with Gasteiger partial charge in [-0.3, -0.25) is 9.78 Å². The molecule has 0 saturated carbocycles. The SMILES string of the molecule is CC.Cc1nc2cc(Oc3ccnc(-c4ccc(C(N)=O)c(C)c4)c3)ccc2s1. The number of ether oxygens (including phenoxy) is 1. The molecule has 4 rings (SSSR count). The first-order chi connectivity index (χ1) is 14.0. The van der Waals surface area contributed by atoms with Crippen LogP contribution in [0.4, 0.5) is 0 Å². The molecule has 0 unspecified atom stereocenters. The summed E-state index contributed by atoms with van der Waals surface area (Å²) in [7, 11) is 0. The molecule has 6 heteroatoms. The van der Waals surface area contributed by atoms with Crippen molar-refractivity contribution >= 4 is 27.5 Å². The molecule has 0 radical (unpaired) electrons. The number of thiazole rings is 1. The van der Waals surface area contributed by atoms with Crippen LogP contribution >= 0.6 is 11.3 Å². The van der Waals surface area contributed by atoms with Crippen molar-refractivity contribution in [3.05, 3.63) is 70.9 Å². The van der Waals surface area contributed by atoms with Gasteiger partial charge in [-0.05, 0) is 49.7 Å². The zero-order valence-electron chi connectivity index (χ0n) is 16.9. The van der Waals surface area contributed by atoms with Crippen molar-refractivity contribution in [3.63, 3.8) is 0 Å². The third-order valence-electron chi connectivity index (χ3n) is 4.22. The van der Waals surface area contributed by atoms with E-state index < -0.39 is 5.91 Å². The van der Waals surface area contributed by atoms with Gasteiger partial charge in [0.1, 0.15) is 11.5 Å². The van der Waals surface area contributed by atoms with Crippen LogP contribution < -0.4 is 10.5 Å². The lowest BCUT2D eigenvalue weighted by Crippen LogP contribution is -2.12. The van der Waals surface area contributed by atoms with E-state index in [0.717, 1.165) is 37.8 Å². The Balaban J connectivity index is 0.00000117. The van der Waals surface area contributed by atoms with Crippen LogP contribution in [0.5, 0.6) is 11.5 Å². The Morgan fingerprint density at radius 2 is 1.76 bits per heavy atom. The maximum Gasteiger partial charge on any atom is 0.248 e. The molecule has 1 amide bonds. The molecule has 4 aromatic rings. The number of carbonyl (C=O) groups excluding carboxylic acids is 1. The lowest BCUT2D eigenvalue weighted by Gasteiger charge is -2.09. The number of nitrogens with zero attached hydrogens (tertiary/aromatic N) is 2. The van der Waals surface area contributed by atoms with Crippen LogP contribution in [0.2, 0.25) is 0 Å². The van der Waals surface area contributed by atoms with E-state index >= 15 is 0 Å². The highest BCUT2D eigenvalue weighted by atomic mass is 32.1. The Labute approximate surface area is 174 Å². The number of benzene rings is 2. The third-order valence-corrected chi connectivity index (χ3v) is 5.17. The number of hydrogen-bond acceptors (Lipinski definition) is 5. The second kappa shape index (κ2) is 8.84. The van der Waals surface area contributed by atoms with Gasteiger partial charge in [-0.25, -0.2) is 4.98 Å². The van der Waals surface area contributed by atoms with Crippen LogP contribution in [-0.4, -0.2) is 15.9 Å². The summed E-state index contributed by atoms with van der Waals surface area (Å²) >= 11 is 1.66. The van der Waals surface area contributed by atoms with Gasteiger partial charge in [0.15, 0.2) is 0 Å². The normalized spacial score (nSPS) is 10.3. The van der Waals surface area contributed by atoms with Crippen LogP contribution in [0.3, 0.4) is 0 Å². The van der Waals surface area contributed by atoms with Gasteiger partial charge in [-0.2, -0.15) is 0 Å². The number of rotatable bonds is 4.